The van der Waals surface area contributed by atoms with Crippen LogP contribution in [0, 0.1) is 0 Å². The summed E-state index contributed by atoms with van der Waals surface area (Å²) in [7, 11) is -3.79. The van der Waals surface area contributed by atoms with Gasteiger partial charge in [-0.25, -0.2) is 13.4 Å². The third-order valence-corrected chi connectivity index (χ3v) is 11.1. The molecule has 0 radical (unpaired) electrons. The zero-order chi connectivity index (χ0) is 29.7. The van der Waals surface area contributed by atoms with Crippen LogP contribution in [-0.2, 0) is 10.0 Å². The number of fused-ring (bicyclic) bond motifs is 1. The average molecular weight is 633 g/mol. The third-order valence-electron chi connectivity index (χ3n) is 8.70. The molecule has 43 heavy (non-hydrogen) atoms. The molecule has 0 amide bonds. The minimum absolute atomic E-state index is 0.0304. The van der Waals surface area contributed by atoms with E-state index in [2.05, 4.69) is 47.0 Å². The van der Waals surface area contributed by atoms with E-state index < -0.39 is 10.0 Å². The van der Waals surface area contributed by atoms with E-state index in [4.69, 9.17) is 28.2 Å². The second kappa shape index (κ2) is 11.3. The molecule has 0 unspecified atom stereocenters. The number of nitrogens with zero attached hydrogens (tertiary/aromatic N) is 3. The SMILES string of the molecule is O=S(=O)(c1ccccc1O)N1CCC(n2c(C3CC3)nc3ccc(C(c4ccc(Cl)cc4)c4ccc(Cl)cc4)cc32)CC1. The molecule has 1 N–H and O–H groups in total. The first-order chi connectivity index (χ1) is 20.8. The Hall–Kier alpha value is -3.36. The molecule has 6 nitrogen and oxygen atoms in total. The largest absolute Gasteiger partial charge is 0.507 e. The number of phenols is 1. The molecule has 1 saturated heterocycles. The van der Waals surface area contributed by atoms with Gasteiger partial charge in [-0.15, -0.1) is 0 Å². The highest BCUT2D eigenvalue weighted by Gasteiger charge is 2.36. The minimum Gasteiger partial charge on any atom is -0.507 e. The summed E-state index contributed by atoms with van der Waals surface area (Å²) in [4.78, 5) is 5.07. The fourth-order valence-corrected chi connectivity index (χ4v) is 8.17. The quantitative estimate of drug-likeness (QED) is 0.184. The predicted molar refractivity (Wildman–Crippen MR) is 171 cm³/mol. The molecule has 2 heterocycles. The summed E-state index contributed by atoms with van der Waals surface area (Å²) in [6, 6.07) is 28.8. The zero-order valence-corrected chi connectivity index (χ0v) is 25.7. The van der Waals surface area contributed by atoms with Crippen molar-refractivity contribution in [1.29, 1.82) is 0 Å². The van der Waals surface area contributed by atoms with Gasteiger partial charge in [0.25, 0.3) is 0 Å². The number of para-hydroxylation sites is 1. The van der Waals surface area contributed by atoms with Crippen molar-refractivity contribution in [2.75, 3.05) is 13.1 Å². The highest BCUT2D eigenvalue weighted by Crippen LogP contribution is 2.44. The van der Waals surface area contributed by atoms with Crippen molar-refractivity contribution in [3.8, 4) is 5.75 Å². The molecular formula is C34H31Cl2N3O3S. The molecule has 1 aliphatic carbocycles. The Morgan fingerprint density at radius 2 is 1.35 bits per heavy atom. The maximum atomic E-state index is 13.4. The summed E-state index contributed by atoms with van der Waals surface area (Å²) < 4.78 is 30.6. The minimum atomic E-state index is -3.79. The molecule has 2 fully saturated rings. The van der Waals surface area contributed by atoms with Gasteiger partial charge >= 0.3 is 0 Å². The maximum absolute atomic E-state index is 13.4. The number of rotatable bonds is 7. The lowest BCUT2D eigenvalue weighted by atomic mass is 9.85. The van der Waals surface area contributed by atoms with Crippen molar-refractivity contribution in [2.45, 2.75) is 48.5 Å². The molecule has 1 aliphatic heterocycles. The molecule has 0 spiro atoms. The summed E-state index contributed by atoms with van der Waals surface area (Å²) in [5.74, 6) is 1.29. The molecule has 9 heteroatoms. The number of halogens is 2. The van der Waals surface area contributed by atoms with E-state index in [1.54, 1.807) is 12.1 Å². The van der Waals surface area contributed by atoms with Crippen LogP contribution in [0.3, 0.4) is 0 Å². The molecular weight excluding hydrogens is 601 g/mol. The summed E-state index contributed by atoms with van der Waals surface area (Å²) in [6.45, 7) is 0.756. The number of phenolic OH excluding ortho intramolecular Hbond substituents is 1. The first-order valence-electron chi connectivity index (χ1n) is 14.6. The fraction of sp³-hybridized carbons (Fsp3) is 0.265. The van der Waals surface area contributed by atoms with Crippen molar-refractivity contribution in [3.05, 3.63) is 124 Å². The van der Waals surface area contributed by atoms with E-state index >= 15 is 0 Å². The zero-order valence-electron chi connectivity index (χ0n) is 23.4. The number of hydrogen-bond acceptors (Lipinski definition) is 4. The highest BCUT2D eigenvalue weighted by atomic mass is 35.5. The van der Waals surface area contributed by atoms with Gasteiger partial charge in [-0.3, -0.25) is 0 Å². The van der Waals surface area contributed by atoms with Crippen LogP contribution in [0.2, 0.25) is 10.0 Å². The lowest BCUT2D eigenvalue weighted by Gasteiger charge is -2.33. The molecule has 5 aromatic rings. The Labute approximate surface area is 261 Å². The normalized spacial score (nSPS) is 16.7. The van der Waals surface area contributed by atoms with Gasteiger partial charge in [-0.2, -0.15) is 4.31 Å². The van der Waals surface area contributed by atoms with Gasteiger partial charge in [0.2, 0.25) is 10.0 Å². The van der Waals surface area contributed by atoms with E-state index in [0.29, 0.717) is 41.9 Å². The van der Waals surface area contributed by atoms with Crippen molar-refractivity contribution < 1.29 is 13.5 Å². The summed E-state index contributed by atoms with van der Waals surface area (Å²) >= 11 is 12.5. The van der Waals surface area contributed by atoms with Gasteiger partial charge in [-0.1, -0.05) is 65.7 Å². The average Bonchev–Trinajstić information content (AvgIpc) is 3.79. The maximum Gasteiger partial charge on any atom is 0.246 e. The fourth-order valence-electron chi connectivity index (χ4n) is 6.36. The predicted octanol–water partition coefficient (Wildman–Crippen LogP) is 8.13. The Balaban J connectivity index is 1.26. The first kappa shape index (κ1) is 28.4. The number of benzene rings is 4. The summed E-state index contributed by atoms with van der Waals surface area (Å²) in [5, 5.41) is 11.6. The number of aromatic hydroxyl groups is 1. The number of piperidine rings is 1. The van der Waals surface area contributed by atoms with E-state index in [1.807, 2.05) is 24.3 Å². The standard InChI is InChI=1S/C34H31Cl2N3O3S/c35-26-12-7-22(8-13-26)33(23-9-14-27(36)15-10-23)25-11-16-29-30(21-25)39(34(37-29)24-5-6-24)28-17-19-38(20-18-28)43(41,42)32-4-2-1-3-31(32)40/h1-4,7-16,21,24,28,33,40H,5-6,17-20H2. The summed E-state index contributed by atoms with van der Waals surface area (Å²) in [6.07, 6.45) is 3.57. The number of imidazole rings is 1. The Morgan fingerprint density at radius 3 is 1.93 bits per heavy atom. The van der Waals surface area contributed by atoms with Crippen LogP contribution >= 0.6 is 23.2 Å². The molecule has 7 rings (SSSR count). The van der Waals surface area contributed by atoms with Gasteiger partial charge in [0.15, 0.2) is 0 Å². The lowest BCUT2D eigenvalue weighted by Crippen LogP contribution is -2.39. The van der Waals surface area contributed by atoms with Crippen LogP contribution in [0.1, 0.15) is 66.1 Å². The van der Waals surface area contributed by atoms with Gasteiger partial charge in [0, 0.05) is 41.0 Å². The van der Waals surface area contributed by atoms with E-state index in [1.165, 1.54) is 16.4 Å². The van der Waals surface area contributed by atoms with Crippen molar-refractivity contribution >= 4 is 44.3 Å². The molecule has 1 aromatic heterocycles. The van der Waals surface area contributed by atoms with Crippen LogP contribution in [0.25, 0.3) is 11.0 Å². The Morgan fingerprint density at radius 1 is 0.767 bits per heavy atom. The molecule has 1 saturated carbocycles. The smallest absolute Gasteiger partial charge is 0.246 e. The van der Waals surface area contributed by atoms with Crippen LogP contribution in [0.15, 0.2) is 95.9 Å². The topological polar surface area (TPSA) is 75.4 Å². The number of aromatic nitrogens is 2. The van der Waals surface area contributed by atoms with Gasteiger partial charge < -0.3 is 9.67 Å². The van der Waals surface area contributed by atoms with Crippen molar-refractivity contribution in [2.24, 2.45) is 0 Å². The second-order valence-corrected chi connectivity index (χ2v) is 14.3. The van der Waals surface area contributed by atoms with Gasteiger partial charge in [0.1, 0.15) is 16.5 Å². The van der Waals surface area contributed by atoms with Crippen molar-refractivity contribution in [1.82, 2.24) is 13.9 Å². The van der Waals surface area contributed by atoms with Crippen LogP contribution in [0.5, 0.6) is 5.75 Å². The highest BCUT2D eigenvalue weighted by molar-refractivity contribution is 7.89. The van der Waals surface area contributed by atoms with Gasteiger partial charge in [0.05, 0.1) is 11.0 Å². The molecule has 2 aliphatic rings. The number of sulfonamides is 1. The third kappa shape index (κ3) is 5.44. The summed E-state index contributed by atoms with van der Waals surface area (Å²) in [5.41, 5.74) is 5.43. The first-order valence-corrected chi connectivity index (χ1v) is 16.8. The molecule has 4 aromatic carbocycles. The van der Waals surface area contributed by atoms with Crippen LogP contribution < -0.4 is 0 Å². The molecule has 220 valence electrons. The Bertz CT molecular complexity index is 1850. The molecule has 0 atom stereocenters. The molecule has 0 bridgehead atoms. The van der Waals surface area contributed by atoms with E-state index in [-0.39, 0.29) is 22.6 Å². The van der Waals surface area contributed by atoms with Crippen LogP contribution in [0.4, 0.5) is 0 Å². The lowest BCUT2D eigenvalue weighted by molar-refractivity contribution is 0.273. The number of hydrogen-bond donors (Lipinski definition) is 1. The Kier molecular flexibility index (Phi) is 7.46. The van der Waals surface area contributed by atoms with Crippen LogP contribution in [-0.4, -0.2) is 40.5 Å². The van der Waals surface area contributed by atoms with Gasteiger partial charge in [-0.05, 0) is 90.9 Å². The second-order valence-electron chi connectivity index (χ2n) is 11.5. The van der Waals surface area contributed by atoms with Crippen molar-refractivity contribution in [3.63, 3.8) is 0 Å². The monoisotopic (exact) mass is 631 g/mol. The van der Waals surface area contributed by atoms with E-state index in [9.17, 15) is 13.5 Å². The van der Waals surface area contributed by atoms with E-state index in [0.717, 1.165) is 46.4 Å².